The minimum atomic E-state index is -0.145. The Balaban J connectivity index is 1.69. The number of carbonyl (C=O) groups excluding carboxylic acids is 2. The summed E-state index contributed by atoms with van der Waals surface area (Å²) in [4.78, 5) is 27.2. The van der Waals surface area contributed by atoms with Gasteiger partial charge in [-0.2, -0.15) is 0 Å². The van der Waals surface area contributed by atoms with E-state index in [0.717, 1.165) is 6.54 Å². The Bertz CT molecular complexity index is 817. The van der Waals surface area contributed by atoms with Crippen LogP contribution in [0.2, 0.25) is 5.02 Å². The van der Waals surface area contributed by atoms with Gasteiger partial charge in [0.15, 0.2) is 5.78 Å². The summed E-state index contributed by atoms with van der Waals surface area (Å²) in [6.45, 7) is 1.13. The van der Waals surface area contributed by atoms with E-state index in [9.17, 15) is 9.59 Å². The number of benzene rings is 2. The normalized spacial score (nSPS) is 14.6. The van der Waals surface area contributed by atoms with E-state index in [-0.39, 0.29) is 18.2 Å². The van der Waals surface area contributed by atoms with Gasteiger partial charge in [-0.3, -0.25) is 9.59 Å². The summed E-state index contributed by atoms with van der Waals surface area (Å²) in [5.41, 5.74) is 1.58. The van der Waals surface area contributed by atoms with Gasteiger partial charge in [-0.15, -0.1) is 0 Å². The van der Waals surface area contributed by atoms with Gasteiger partial charge in [0.05, 0.1) is 12.2 Å². The van der Waals surface area contributed by atoms with E-state index >= 15 is 0 Å². The molecule has 1 aliphatic rings. The Morgan fingerprint density at radius 2 is 1.79 bits per heavy atom. The van der Waals surface area contributed by atoms with E-state index in [1.54, 1.807) is 42.3 Å². The lowest BCUT2D eigenvalue weighted by Gasteiger charge is -2.24. The van der Waals surface area contributed by atoms with Gasteiger partial charge < -0.3 is 10.2 Å². The lowest BCUT2D eigenvalue weighted by molar-refractivity contribution is -0.117. The molecule has 4 nitrogen and oxygen atoms in total. The molecule has 0 saturated heterocycles. The molecular formula is C23H27ClN2O2. The van der Waals surface area contributed by atoms with Crippen molar-refractivity contribution < 1.29 is 9.59 Å². The molecule has 0 aliphatic heterocycles. The summed E-state index contributed by atoms with van der Waals surface area (Å²) < 4.78 is 0. The lowest BCUT2D eigenvalue weighted by Crippen LogP contribution is -2.38. The van der Waals surface area contributed by atoms with Crippen molar-refractivity contribution in [3.8, 4) is 0 Å². The number of nitrogens with zero attached hydrogens (tertiary/aromatic N) is 1. The molecule has 1 saturated carbocycles. The van der Waals surface area contributed by atoms with Crippen LogP contribution in [-0.2, 0) is 4.79 Å². The minimum absolute atomic E-state index is 0.0692. The van der Waals surface area contributed by atoms with Crippen molar-refractivity contribution in [1.82, 2.24) is 5.32 Å². The first-order valence-corrected chi connectivity index (χ1v) is 10.3. The highest BCUT2D eigenvalue weighted by molar-refractivity contribution is 6.31. The fraction of sp³-hybridized carbons (Fsp3) is 0.391. The van der Waals surface area contributed by atoms with Crippen LogP contribution >= 0.6 is 11.6 Å². The molecule has 5 heteroatoms. The first-order valence-electron chi connectivity index (χ1n) is 9.93. The highest BCUT2D eigenvalue weighted by atomic mass is 35.5. The summed E-state index contributed by atoms with van der Waals surface area (Å²) in [5.74, 6) is 0.450. The van der Waals surface area contributed by atoms with Crippen LogP contribution in [-0.4, -0.2) is 31.8 Å². The molecule has 3 rings (SSSR count). The van der Waals surface area contributed by atoms with Crippen molar-refractivity contribution >= 4 is 29.0 Å². The molecule has 0 bridgehead atoms. The summed E-state index contributed by atoms with van der Waals surface area (Å²) in [7, 11) is 1.70. The Labute approximate surface area is 171 Å². The van der Waals surface area contributed by atoms with E-state index < -0.39 is 0 Å². The first kappa shape index (κ1) is 20.6. The predicted molar refractivity (Wildman–Crippen MR) is 114 cm³/mol. The number of rotatable bonds is 7. The van der Waals surface area contributed by atoms with Crippen LogP contribution in [0.5, 0.6) is 0 Å². The summed E-state index contributed by atoms with van der Waals surface area (Å²) >= 11 is 6.13. The Morgan fingerprint density at radius 3 is 2.50 bits per heavy atom. The molecule has 0 heterocycles. The quantitative estimate of drug-likeness (QED) is 0.687. The lowest BCUT2D eigenvalue weighted by atomic mass is 9.89. The average Bonchev–Trinajstić information content (AvgIpc) is 2.74. The van der Waals surface area contributed by atoms with Gasteiger partial charge in [0.1, 0.15) is 0 Å². The van der Waals surface area contributed by atoms with Crippen molar-refractivity contribution in [2.45, 2.75) is 32.1 Å². The van der Waals surface area contributed by atoms with E-state index in [1.165, 1.54) is 32.1 Å². The number of amides is 1. The molecule has 1 N–H and O–H groups in total. The third-order valence-electron chi connectivity index (χ3n) is 5.41. The zero-order valence-electron chi connectivity index (χ0n) is 16.3. The number of hydrogen-bond donors (Lipinski definition) is 1. The molecule has 0 radical (unpaired) electrons. The maximum absolute atomic E-state index is 13.0. The summed E-state index contributed by atoms with van der Waals surface area (Å²) in [6, 6.07) is 14.1. The third-order valence-corrected chi connectivity index (χ3v) is 5.64. The molecule has 1 amide bonds. The number of anilines is 1. The highest BCUT2D eigenvalue weighted by Crippen LogP contribution is 2.26. The van der Waals surface area contributed by atoms with Crippen LogP contribution in [0, 0.1) is 5.92 Å². The molecular weight excluding hydrogens is 372 g/mol. The second-order valence-corrected chi connectivity index (χ2v) is 7.88. The van der Waals surface area contributed by atoms with Gasteiger partial charge >= 0.3 is 0 Å². The van der Waals surface area contributed by atoms with Crippen LogP contribution in [0.3, 0.4) is 0 Å². The van der Waals surface area contributed by atoms with Crippen molar-refractivity contribution in [1.29, 1.82) is 0 Å². The zero-order chi connectivity index (χ0) is 19.9. The van der Waals surface area contributed by atoms with Crippen molar-refractivity contribution in [3.63, 3.8) is 0 Å². The van der Waals surface area contributed by atoms with Gasteiger partial charge in [-0.1, -0.05) is 61.2 Å². The van der Waals surface area contributed by atoms with Crippen LogP contribution < -0.4 is 10.2 Å². The monoisotopic (exact) mass is 398 g/mol. The van der Waals surface area contributed by atoms with Crippen molar-refractivity contribution in [2.24, 2.45) is 5.92 Å². The van der Waals surface area contributed by atoms with Gasteiger partial charge in [-0.25, -0.2) is 0 Å². The van der Waals surface area contributed by atoms with Crippen molar-refractivity contribution in [3.05, 3.63) is 64.7 Å². The zero-order valence-corrected chi connectivity index (χ0v) is 17.0. The smallest absolute Gasteiger partial charge is 0.240 e. The van der Waals surface area contributed by atoms with E-state index in [0.29, 0.717) is 27.8 Å². The number of hydrogen-bond acceptors (Lipinski definition) is 3. The minimum Gasteiger partial charge on any atom is -0.314 e. The standard InChI is InChI=1S/C23H27ClN2O2/c1-26(22(27)16-25-15-17-8-4-2-5-9-17)21-13-12-19(24)14-20(21)23(28)18-10-6-3-7-11-18/h3,6-7,10-14,17,25H,2,4-5,8-9,15-16H2,1H3. The molecule has 148 valence electrons. The largest absolute Gasteiger partial charge is 0.314 e. The predicted octanol–water partition coefficient (Wildman–Crippen LogP) is 4.70. The number of ketones is 1. The number of halogens is 1. The molecule has 0 aromatic heterocycles. The first-order chi connectivity index (χ1) is 13.6. The molecule has 0 atom stereocenters. The maximum Gasteiger partial charge on any atom is 0.240 e. The Kier molecular flexibility index (Phi) is 7.24. The highest BCUT2D eigenvalue weighted by Gasteiger charge is 2.21. The van der Waals surface area contributed by atoms with Gasteiger partial charge in [0.25, 0.3) is 0 Å². The van der Waals surface area contributed by atoms with Crippen LogP contribution in [0.1, 0.15) is 48.0 Å². The molecule has 2 aromatic rings. The van der Waals surface area contributed by atoms with E-state index in [2.05, 4.69) is 5.32 Å². The van der Waals surface area contributed by atoms with Gasteiger partial charge in [0, 0.05) is 23.2 Å². The Morgan fingerprint density at radius 1 is 1.07 bits per heavy atom. The maximum atomic E-state index is 13.0. The fourth-order valence-electron chi connectivity index (χ4n) is 3.76. The molecule has 1 fully saturated rings. The van der Waals surface area contributed by atoms with Gasteiger partial charge in [0.2, 0.25) is 5.91 Å². The Hall–Kier alpha value is -2.17. The number of nitrogens with one attached hydrogen (secondary N) is 1. The SMILES string of the molecule is CN(C(=O)CNCC1CCCCC1)c1ccc(Cl)cc1C(=O)c1ccccc1. The summed E-state index contributed by atoms with van der Waals surface area (Å²) in [6.07, 6.45) is 6.38. The second kappa shape index (κ2) is 9.85. The fourth-order valence-corrected chi connectivity index (χ4v) is 3.93. The average molecular weight is 399 g/mol. The second-order valence-electron chi connectivity index (χ2n) is 7.44. The van der Waals surface area contributed by atoms with Crippen LogP contribution in [0.15, 0.2) is 48.5 Å². The van der Waals surface area contributed by atoms with Crippen LogP contribution in [0.4, 0.5) is 5.69 Å². The summed E-state index contributed by atoms with van der Waals surface area (Å²) in [5, 5.41) is 3.77. The topological polar surface area (TPSA) is 49.4 Å². The molecule has 0 spiro atoms. The molecule has 0 unspecified atom stereocenters. The van der Waals surface area contributed by atoms with E-state index in [1.807, 2.05) is 18.2 Å². The van der Waals surface area contributed by atoms with Crippen molar-refractivity contribution in [2.75, 3.05) is 25.0 Å². The van der Waals surface area contributed by atoms with Crippen LogP contribution in [0.25, 0.3) is 0 Å². The molecule has 2 aromatic carbocycles. The molecule has 28 heavy (non-hydrogen) atoms. The van der Waals surface area contributed by atoms with Gasteiger partial charge in [-0.05, 0) is 43.5 Å². The number of carbonyl (C=O) groups is 2. The van der Waals surface area contributed by atoms with E-state index in [4.69, 9.17) is 11.6 Å². The number of likely N-dealkylation sites (N-methyl/N-ethyl adjacent to an activating group) is 1. The third kappa shape index (κ3) is 5.21. The molecule has 1 aliphatic carbocycles.